The molecule has 0 aliphatic rings. The van der Waals surface area contributed by atoms with Crippen LogP contribution in [-0.2, 0) is 20.0 Å². The van der Waals surface area contributed by atoms with E-state index in [2.05, 4.69) is 15.3 Å². The number of benzene rings is 1. The first-order valence-electron chi connectivity index (χ1n) is 7.08. The highest BCUT2D eigenvalue weighted by atomic mass is 35.5. The quantitative estimate of drug-likeness (QED) is 0.568. The standard InChI is InChI=1S/C13H14ClN5O6S2/c1-2-25-12-4-9(17-6-18-12)13(20)19-8-3-7(14)10(26(15,21)22)5-11(8)27(16,23)24/h3-6H,2H2,1H3,(H,19,20)(H2,15,21,22)(H2,16,23,24). The molecule has 1 heterocycles. The zero-order chi connectivity index (χ0) is 20.4. The molecule has 0 radical (unpaired) electrons. The summed E-state index contributed by atoms with van der Waals surface area (Å²) < 4.78 is 51.8. The molecule has 5 N–H and O–H groups in total. The molecule has 146 valence electrons. The molecule has 1 aromatic heterocycles. The SMILES string of the molecule is CCOc1cc(C(=O)Nc2cc(Cl)c(S(N)(=O)=O)cc2S(N)(=O)=O)ncn1. The van der Waals surface area contributed by atoms with Crippen LogP contribution in [0, 0.1) is 0 Å². The first-order valence-corrected chi connectivity index (χ1v) is 10.6. The van der Waals surface area contributed by atoms with Gasteiger partial charge in [-0.1, -0.05) is 11.6 Å². The van der Waals surface area contributed by atoms with Crippen LogP contribution in [0.25, 0.3) is 0 Å². The van der Waals surface area contributed by atoms with Crippen molar-refractivity contribution in [2.75, 3.05) is 11.9 Å². The van der Waals surface area contributed by atoms with Gasteiger partial charge in [-0.3, -0.25) is 4.79 Å². The predicted octanol–water partition coefficient (Wildman–Crippen LogP) is 0.0758. The van der Waals surface area contributed by atoms with Gasteiger partial charge in [0.25, 0.3) is 5.91 Å². The lowest BCUT2D eigenvalue weighted by atomic mass is 10.3. The molecule has 14 heteroatoms. The van der Waals surface area contributed by atoms with Crippen LogP contribution in [0.3, 0.4) is 0 Å². The van der Waals surface area contributed by atoms with Crippen molar-refractivity contribution in [2.45, 2.75) is 16.7 Å². The normalized spacial score (nSPS) is 11.9. The molecule has 0 aliphatic heterocycles. The number of nitrogens with two attached hydrogens (primary N) is 2. The maximum atomic E-state index is 12.4. The van der Waals surface area contributed by atoms with E-state index in [1.807, 2.05) is 0 Å². The van der Waals surface area contributed by atoms with Crippen LogP contribution < -0.4 is 20.3 Å². The third-order valence-electron chi connectivity index (χ3n) is 3.06. The van der Waals surface area contributed by atoms with E-state index in [-0.39, 0.29) is 17.3 Å². The molecule has 0 saturated carbocycles. The van der Waals surface area contributed by atoms with E-state index >= 15 is 0 Å². The number of primary sulfonamides is 2. The Morgan fingerprint density at radius 3 is 2.30 bits per heavy atom. The van der Waals surface area contributed by atoms with E-state index in [0.717, 1.165) is 12.4 Å². The van der Waals surface area contributed by atoms with Crippen LogP contribution in [0.5, 0.6) is 5.88 Å². The first kappa shape index (κ1) is 21.0. The van der Waals surface area contributed by atoms with E-state index in [0.29, 0.717) is 12.7 Å². The number of halogens is 1. The lowest BCUT2D eigenvalue weighted by molar-refractivity contribution is 0.102. The van der Waals surface area contributed by atoms with Crippen LogP contribution in [0.2, 0.25) is 5.02 Å². The van der Waals surface area contributed by atoms with E-state index in [9.17, 15) is 21.6 Å². The number of nitrogens with zero attached hydrogens (tertiary/aromatic N) is 2. The monoisotopic (exact) mass is 435 g/mol. The van der Waals surface area contributed by atoms with Gasteiger partial charge >= 0.3 is 0 Å². The summed E-state index contributed by atoms with van der Waals surface area (Å²) in [6.45, 7) is 2.02. The summed E-state index contributed by atoms with van der Waals surface area (Å²) in [5.74, 6) is -0.699. The highest BCUT2D eigenvalue weighted by molar-refractivity contribution is 7.90. The zero-order valence-electron chi connectivity index (χ0n) is 13.7. The molecular weight excluding hydrogens is 422 g/mol. The summed E-state index contributed by atoms with van der Waals surface area (Å²) in [6.07, 6.45) is 1.08. The maximum Gasteiger partial charge on any atom is 0.274 e. The van der Waals surface area contributed by atoms with E-state index < -0.39 is 40.8 Å². The number of carbonyl (C=O) groups excluding carboxylic acids is 1. The number of sulfonamides is 2. The molecule has 1 aromatic carbocycles. The van der Waals surface area contributed by atoms with Crippen molar-refractivity contribution in [3.05, 3.63) is 35.2 Å². The van der Waals surface area contributed by atoms with E-state index in [1.165, 1.54) is 6.07 Å². The summed E-state index contributed by atoms with van der Waals surface area (Å²) in [4.78, 5) is 18.6. The van der Waals surface area contributed by atoms with Gasteiger partial charge in [0.1, 0.15) is 21.8 Å². The Morgan fingerprint density at radius 2 is 1.74 bits per heavy atom. The highest BCUT2D eigenvalue weighted by Gasteiger charge is 2.24. The van der Waals surface area contributed by atoms with Gasteiger partial charge in [-0.15, -0.1) is 0 Å². The fraction of sp³-hybridized carbons (Fsp3) is 0.154. The third kappa shape index (κ3) is 5.11. The van der Waals surface area contributed by atoms with Gasteiger partial charge in [-0.25, -0.2) is 37.1 Å². The lowest BCUT2D eigenvalue weighted by Gasteiger charge is -2.12. The molecule has 0 atom stereocenters. The molecule has 0 unspecified atom stereocenters. The summed E-state index contributed by atoms with van der Waals surface area (Å²) in [5, 5.41) is 11.9. The van der Waals surface area contributed by atoms with Crippen LogP contribution in [0.4, 0.5) is 5.69 Å². The molecule has 0 saturated heterocycles. The highest BCUT2D eigenvalue weighted by Crippen LogP contribution is 2.30. The van der Waals surface area contributed by atoms with Crippen molar-refractivity contribution in [2.24, 2.45) is 10.3 Å². The van der Waals surface area contributed by atoms with Crippen LogP contribution in [0.15, 0.2) is 34.3 Å². The molecule has 11 nitrogen and oxygen atoms in total. The topological polar surface area (TPSA) is 184 Å². The molecule has 0 aliphatic carbocycles. The number of nitrogens with one attached hydrogen (secondary N) is 1. The summed E-state index contributed by atoms with van der Waals surface area (Å²) in [7, 11) is -8.76. The Bertz CT molecular complexity index is 1100. The van der Waals surface area contributed by atoms with Gasteiger partial charge in [-0.05, 0) is 19.1 Å². The fourth-order valence-corrected chi connectivity index (χ4v) is 3.83. The van der Waals surface area contributed by atoms with Crippen LogP contribution in [-0.4, -0.2) is 39.3 Å². The summed E-state index contributed by atoms with van der Waals surface area (Å²) in [5.41, 5.74) is -0.489. The minimum atomic E-state index is -4.43. The van der Waals surface area contributed by atoms with Gasteiger partial charge < -0.3 is 10.1 Å². The second-order valence-corrected chi connectivity index (χ2v) is 8.46. The summed E-state index contributed by atoms with van der Waals surface area (Å²) in [6, 6.07) is 2.80. The number of ether oxygens (including phenoxy) is 1. The first-order chi connectivity index (χ1) is 12.4. The molecular formula is C13H14ClN5O6S2. The second-order valence-electron chi connectivity index (χ2n) is 5.00. The molecule has 2 rings (SSSR count). The molecule has 0 spiro atoms. The predicted molar refractivity (Wildman–Crippen MR) is 95.4 cm³/mol. The van der Waals surface area contributed by atoms with E-state index in [4.69, 9.17) is 26.6 Å². The van der Waals surface area contributed by atoms with Gasteiger partial charge in [0.15, 0.2) is 0 Å². The van der Waals surface area contributed by atoms with Crippen molar-refractivity contribution >= 4 is 43.2 Å². The fourth-order valence-electron chi connectivity index (χ4n) is 1.96. The maximum absolute atomic E-state index is 12.4. The zero-order valence-corrected chi connectivity index (χ0v) is 16.1. The molecule has 1 amide bonds. The molecule has 2 aromatic rings. The second kappa shape index (κ2) is 7.74. The van der Waals surface area contributed by atoms with Gasteiger partial charge in [0, 0.05) is 6.07 Å². The number of rotatable bonds is 6. The molecule has 27 heavy (non-hydrogen) atoms. The van der Waals surface area contributed by atoms with Crippen molar-refractivity contribution < 1.29 is 26.4 Å². The van der Waals surface area contributed by atoms with Crippen LogP contribution in [0.1, 0.15) is 17.4 Å². The number of amides is 1. The Hall–Kier alpha value is -2.32. The Labute approximate surface area is 159 Å². The smallest absolute Gasteiger partial charge is 0.274 e. The number of aromatic nitrogens is 2. The van der Waals surface area contributed by atoms with Crippen LogP contribution >= 0.6 is 11.6 Å². The van der Waals surface area contributed by atoms with Gasteiger partial charge in [-0.2, -0.15) is 0 Å². The third-order valence-corrected chi connectivity index (χ3v) is 5.39. The van der Waals surface area contributed by atoms with Gasteiger partial charge in [0.05, 0.1) is 17.3 Å². The number of anilines is 1. The number of hydrogen-bond donors (Lipinski definition) is 3. The van der Waals surface area contributed by atoms with Crippen molar-refractivity contribution in [3.8, 4) is 5.88 Å². The molecule has 0 fully saturated rings. The van der Waals surface area contributed by atoms with Crippen molar-refractivity contribution in [1.82, 2.24) is 9.97 Å². The summed E-state index contributed by atoms with van der Waals surface area (Å²) >= 11 is 5.84. The number of hydrogen-bond acceptors (Lipinski definition) is 8. The Balaban J connectivity index is 2.51. The number of carbonyl (C=O) groups is 1. The Morgan fingerprint density at radius 1 is 1.11 bits per heavy atom. The average molecular weight is 436 g/mol. The average Bonchev–Trinajstić information content (AvgIpc) is 2.53. The van der Waals surface area contributed by atoms with Crippen molar-refractivity contribution in [1.29, 1.82) is 0 Å². The minimum absolute atomic E-state index is 0.131. The molecule has 0 bridgehead atoms. The van der Waals surface area contributed by atoms with E-state index in [1.54, 1.807) is 6.92 Å². The van der Waals surface area contributed by atoms with Gasteiger partial charge in [0.2, 0.25) is 25.9 Å². The largest absolute Gasteiger partial charge is 0.478 e. The minimum Gasteiger partial charge on any atom is -0.478 e. The Kier molecular flexibility index (Phi) is 6.01. The lowest BCUT2D eigenvalue weighted by Crippen LogP contribution is -2.21. The van der Waals surface area contributed by atoms with Crippen molar-refractivity contribution in [3.63, 3.8) is 0 Å².